The second-order valence-electron chi connectivity index (χ2n) is 4.41. The Bertz CT molecular complexity index is 686. The van der Waals surface area contributed by atoms with Crippen LogP contribution in [0.5, 0.6) is 0 Å². The first kappa shape index (κ1) is 18.8. The van der Waals surface area contributed by atoms with Gasteiger partial charge in [0.2, 0.25) is 0 Å². The molecule has 2 aromatic carbocycles. The largest absolute Gasteiger partial charge is 0.384 e. The average molecular weight is 327 g/mol. The number of aryl methyl sites for hydroxylation is 1. The summed E-state index contributed by atoms with van der Waals surface area (Å²) >= 11 is 1.74. The summed E-state index contributed by atoms with van der Waals surface area (Å²) in [5, 5.41) is 4.33. The second-order valence-corrected chi connectivity index (χ2v) is 5.64. The molecule has 0 fully saturated rings. The number of anilines is 1. The lowest BCUT2D eigenvalue weighted by Gasteiger charge is -2.04. The van der Waals surface area contributed by atoms with Crippen molar-refractivity contribution in [3.05, 3.63) is 53.5 Å². The first-order chi connectivity index (χ1) is 11.2. The molecule has 1 aromatic heterocycles. The van der Waals surface area contributed by atoms with Crippen LogP contribution in [0.25, 0.3) is 10.2 Å². The summed E-state index contributed by atoms with van der Waals surface area (Å²) in [5.74, 6) is 0. The van der Waals surface area contributed by atoms with Gasteiger partial charge in [0.1, 0.15) is 0 Å². The second kappa shape index (κ2) is 10.5. The van der Waals surface area contributed by atoms with Crippen LogP contribution in [0.15, 0.2) is 53.5 Å². The Kier molecular flexibility index (Phi) is 8.62. The molecule has 0 saturated heterocycles. The number of thiazole rings is 1. The number of hydrogen-bond acceptors (Lipinski definition) is 4. The van der Waals surface area contributed by atoms with Crippen LogP contribution in [-0.4, -0.2) is 18.2 Å². The first-order valence-corrected chi connectivity index (χ1v) is 8.68. The zero-order valence-corrected chi connectivity index (χ0v) is 15.2. The molecule has 0 radical (unpaired) electrons. The molecule has 3 rings (SSSR count). The highest BCUT2D eigenvalue weighted by molar-refractivity contribution is 7.18. The summed E-state index contributed by atoms with van der Waals surface area (Å²) in [5.41, 5.74) is 3.07. The lowest BCUT2D eigenvalue weighted by Crippen LogP contribution is -1.95. The van der Waals surface area contributed by atoms with Crippen LogP contribution in [0.2, 0.25) is 0 Å². The van der Waals surface area contributed by atoms with Gasteiger partial charge in [-0.15, -0.1) is 11.3 Å². The Balaban J connectivity index is 0.000000208. The molecule has 0 unspecified atom stereocenters. The van der Waals surface area contributed by atoms with Crippen molar-refractivity contribution in [1.82, 2.24) is 4.98 Å². The number of para-hydroxylation sites is 3. The van der Waals surface area contributed by atoms with E-state index in [0.717, 1.165) is 28.4 Å². The van der Waals surface area contributed by atoms with E-state index in [4.69, 9.17) is 0 Å². The molecule has 0 saturated carbocycles. The van der Waals surface area contributed by atoms with Gasteiger partial charge in [0.15, 0.2) is 0 Å². The summed E-state index contributed by atoms with van der Waals surface area (Å²) < 4.78 is 1.28. The molecule has 0 amide bonds. The van der Waals surface area contributed by atoms with Crippen LogP contribution in [0.1, 0.15) is 25.8 Å². The summed E-state index contributed by atoms with van der Waals surface area (Å²) in [7, 11) is 0. The van der Waals surface area contributed by atoms with Gasteiger partial charge in [-0.05, 0) is 44.8 Å². The van der Waals surface area contributed by atoms with Gasteiger partial charge in [0, 0.05) is 6.54 Å². The van der Waals surface area contributed by atoms with E-state index in [9.17, 15) is 0 Å². The quantitative estimate of drug-likeness (QED) is 0.592. The minimum absolute atomic E-state index is 0.909. The van der Waals surface area contributed by atoms with Gasteiger partial charge in [0.05, 0.1) is 26.6 Å². The standard InChI is InChI=1S/C9H12N2.C8H7NS.C2H6/c1-3-11-9-7-5-4-6-8(9)10-2;1-6-9-7-4-2-3-5-8(7)10-6;1-2/h4-7,11H,2-3H2,1H3;2-5H,1H3;1-2H3. The van der Waals surface area contributed by atoms with Crippen LogP contribution in [-0.2, 0) is 0 Å². The zero-order chi connectivity index (χ0) is 17.1. The number of aromatic nitrogens is 1. The Morgan fingerprint density at radius 3 is 2.39 bits per heavy atom. The topological polar surface area (TPSA) is 37.3 Å². The van der Waals surface area contributed by atoms with Crippen molar-refractivity contribution in [3.8, 4) is 0 Å². The number of benzene rings is 2. The molecule has 0 aliphatic rings. The first-order valence-electron chi connectivity index (χ1n) is 7.86. The van der Waals surface area contributed by atoms with Crippen molar-refractivity contribution in [1.29, 1.82) is 0 Å². The fourth-order valence-electron chi connectivity index (χ4n) is 1.94. The maximum atomic E-state index is 4.33. The van der Waals surface area contributed by atoms with E-state index in [0.29, 0.717) is 0 Å². The van der Waals surface area contributed by atoms with E-state index >= 15 is 0 Å². The van der Waals surface area contributed by atoms with E-state index in [-0.39, 0.29) is 0 Å². The molecule has 0 bridgehead atoms. The molecule has 0 atom stereocenters. The summed E-state index contributed by atoms with van der Waals surface area (Å²) in [6, 6.07) is 16.1. The van der Waals surface area contributed by atoms with E-state index in [2.05, 4.69) is 35.0 Å². The lowest BCUT2D eigenvalue weighted by molar-refractivity contribution is 1.21. The van der Waals surface area contributed by atoms with Crippen LogP contribution in [0.3, 0.4) is 0 Å². The number of hydrogen-bond donors (Lipinski definition) is 1. The van der Waals surface area contributed by atoms with Crippen LogP contribution >= 0.6 is 11.3 Å². The van der Waals surface area contributed by atoms with E-state index in [1.54, 1.807) is 11.3 Å². The fourth-order valence-corrected chi connectivity index (χ4v) is 2.77. The predicted molar refractivity (Wildman–Crippen MR) is 106 cm³/mol. The Hall–Kier alpha value is -2.20. The van der Waals surface area contributed by atoms with Gasteiger partial charge in [-0.3, -0.25) is 4.99 Å². The molecule has 23 heavy (non-hydrogen) atoms. The lowest BCUT2D eigenvalue weighted by atomic mass is 10.2. The third kappa shape index (κ3) is 5.83. The molecule has 4 heteroatoms. The number of nitrogens with one attached hydrogen (secondary N) is 1. The van der Waals surface area contributed by atoms with E-state index in [1.807, 2.05) is 63.2 Å². The minimum atomic E-state index is 0.909. The van der Waals surface area contributed by atoms with Crippen molar-refractivity contribution in [3.63, 3.8) is 0 Å². The van der Waals surface area contributed by atoms with E-state index in [1.165, 1.54) is 4.70 Å². The number of rotatable bonds is 3. The molecule has 1 N–H and O–H groups in total. The highest BCUT2D eigenvalue weighted by Crippen LogP contribution is 2.22. The van der Waals surface area contributed by atoms with Gasteiger partial charge < -0.3 is 5.32 Å². The van der Waals surface area contributed by atoms with Crippen molar-refractivity contribution < 1.29 is 0 Å². The number of nitrogens with zero attached hydrogens (tertiary/aromatic N) is 2. The predicted octanol–water partition coefficient (Wildman–Crippen LogP) is 6.08. The highest BCUT2D eigenvalue weighted by atomic mass is 32.1. The summed E-state index contributed by atoms with van der Waals surface area (Å²) in [6.07, 6.45) is 0. The fraction of sp³-hybridized carbons (Fsp3) is 0.263. The van der Waals surface area contributed by atoms with Gasteiger partial charge in [-0.25, -0.2) is 4.98 Å². The van der Waals surface area contributed by atoms with Gasteiger partial charge in [-0.1, -0.05) is 38.1 Å². The summed E-state index contributed by atoms with van der Waals surface area (Å²) in [6.45, 7) is 12.5. The maximum absolute atomic E-state index is 4.33. The van der Waals surface area contributed by atoms with Crippen molar-refractivity contribution in [2.75, 3.05) is 11.9 Å². The Labute approximate surface area is 143 Å². The smallest absolute Gasteiger partial charge is 0.0907 e. The number of fused-ring (bicyclic) bond motifs is 1. The highest BCUT2D eigenvalue weighted by Gasteiger charge is 1.95. The third-order valence-corrected chi connectivity index (χ3v) is 3.79. The third-order valence-electron chi connectivity index (χ3n) is 2.84. The molecule has 0 aliphatic heterocycles. The minimum Gasteiger partial charge on any atom is -0.384 e. The number of aliphatic imine (C=N–C) groups is 1. The van der Waals surface area contributed by atoms with Crippen LogP contribution in [0, 0.1) is 6.92 Å². The Morgan fingerprint density at radius 1 is 1.09 bits per heavy atom. The molecule has 3 aromatic rings. The zero-order valence-electron chi connectivity index (χ0n) is 14.3. The average Bonchev–Trinajstić information content (AvgIpc) is 2.98. The van der Waals surface area contributed by atoms with E-state index < -0.39 is 0 Å². The van der Waals surface area contributed by atoms with Gasteiger partial charge in [0.25, 0.3) is 0 Å². The SMILES string of the molecule is C=Nc1ccccc1NCC.CC.Cc1nc2ccccc2s1. The Morgan fingerprint density at radius 2 is 1.74 bits per heavy atom. The van der Waals surface area contributed by atoms with Crippen molar-refractivity contribution in [2.24, 2.45) is 4.99 Å². The van der Waals surface area contributed by atoms with Crippen molar-refractivity contribution >= 4 is 39.6 Å². The normalized spacial score (nSPS) is 9.22. The summed E-state index contributed by atoms with van der Waals surface area (Å²) in [4.78, 5) is 8.21. The molecule has 3 nitrogen and oxygen atoms in total. The monoisotopic (exact) mass is 327 g/mol. The molecule has 1 heterocycles. The molecule has 122 valence electrons. The molecular formula is C19H25N3S. The molecular weight excluding hydrogens is 302 g/mol. The molecule has 0 spiro atoms. The van der Waals surface area contributed by atoms with Crippen LogP contribution in [0.4, 0.5) is 11.4 Å². The van der Waals surface area contributed by atoms with Gasteiger partial charge >= 0.3 is 0 Å². The van der Waals surface area contributed by atoms with Crippen LogP contribution < -0.4 is 5.32 Å². The van der Waals surface area contributed by atoms with Gasteiger partial charge in [-0.2, -0.15) is 0 Å². The van der Waals surface area contributed by atoms with Crippen molar-refractivity contribution in [2.45, 2.75) is 27.7 Å². The maximum Gasteiger partial charge on any atom is 0.0907 e. The molecule has 0 aliphatic carbocycles.